The predicted molar refractivity (Wildman–Crippen MR) is 11.6 cm³/mol. The molecule has 0 amide bonds. The van der Waals surface area contributed by atoms with Gasteiger partial charge in [0.2, 0.25) is 0 Å². The SMILES string of the molecule is O=S(=O)([O-])[O-].[Co+2].[H+]. The van der Waals surface area contributed by atoms with Crippen LogP contribution in [0.25, 0.3) is 0 Å². The van der Waals surface area contributed by atoms with Crippen molar-refractivity contribution in [1.29, 1.82) is 0 Å². The average molecular weight is 156 g/mol. The minimum Gasteiger partial charge on any atom is -0.759 e. The Morgan fingerprint density at radius 1 is 1.33 bits per heavy atom. The van der Waals surface area contributed by atoms with E-state index in [2.05, 4.69) is 0 Å². The van der Waals surface area contributed by atoms with Gasteiger partial charge in [0.25, 0.3) is 0 Å². The van der Waals surface area contributed by atoms with Gasteiger partial charge >= 0.3 is 18.2 Å². The maximum Gasteiger partial charge on any atom is 2.00 e. The zero-order valence-electron chi connectivity index (χ0n) is 3.37. The first kappa shape index (κ1) is 9.62. The minimum absolute atomic E-state index is 0. The molecule has 0 spiro atoms. The third-order valence-corrected chi connectivity index (χ3v) is 0. The van der Waals surface area contributed by atoms with Gasteiger partial charge in [-0.05, 0) is 0 Å². The van der Waals surface area contributed by atoms with Gasteiger partial charge in [-0.2, -0.15) is 0 Å². The third-order valence-electron chi connectivity index (χ3n) is 0. The van der Waals surface area contributed by atoms with Crippen molar-refractivity contribution in [3.63, 3.8) is 0 Å². The minimum atomic E-state index is -5.17. The van der Waals surface area contributed by atoms with Crippen molar-refractivity contribution in [2.75, 3.05) is 0 Å². The standard InChI is InChI=1S/Co.H2O4S/c;1-5(2,3)4/h;(H2,1,2,3,4)/q+2;/p-1. The van der Waals surface area contributed by atoms with Gasteiger partial charge in [0.05, 0.1) is 0 Å². The van der Waals surface area contributed by atoms with Gasteiger partial charge in [0, 0.05) is 10.4 Å². The van der Waals surface area contributed by atoms with Crippen molar-refractivity contribution in [3.05, 3.63) is 0 Å². The Balaban J connectivity index is -0.0000000800. The smallest absolute Gasteiger partial charge is 0.759 e. The van der Waals surface area contributed by atoms with E-state index in [1.54, 1.807) is 0 Å². The molecule has 0 aliphatic rings. The van der Waals surface area contributed by atoms with Crippen LogP contribution in [-0.4, -0.2) is 17.5 Å². The summed E-state index contributed by atoms with van der Waals surface area (Å²) in [7, 11) is -5.17. The zero-order chi connectivity index (χ0) is 4.50. The second-order valence-electron chi connectivity index (χ2n) is 0.408. The molecule has 0 aromatic rings. The van der Waals surface area contributed by atoms with Crippen LogP contribution in [0.15, 0.2) is 0 Å². The molecule has 0 aromatic heterocycles. The Morgan fingerprint density at radius 2 is 1.33 bits per heavy atom. The van der Waals surface area contributed by atoms with E-state index in [4.69, 9.17) is 17.5 Å². The molecule has 0 bridgehead atoms. The molecule has 0 saturated heterocycles. The fraction of sp³-hybridized carbons (Fsp3) is 0. The van der Waals surface area contributed by atoms with Crippen LogP contribution in [0.3, 0.4) is 0 Å². The van der Waals surface area contributed by atoms with Gasteiger partial charge < -0.3 is 9.11 Å². The normalized spacial score (nSPS) is 9.67. The van der Waals surface area contributed by atoms with E-state index in [1.165, 1.54) is 0 Å². The Bertz CT molecular complexity index is 94.9. The first-order valence-electron chi connectivity index (χ1n) is 0.667. The van der Waals surface area contributed by atoms with Gasteiger partial charge in [-0.25, -0.2) is 0 Å². The summed E-state index contributed by atoms with van der Waals surface area (Å²) in [6.45, 7) is 0. The summed E-state index contributed by atoms with van der Waals surface area (Å²) in [6.07, 6.45) is 0. The molecule has 0 saturated carbocycles. The van der Waals surface area contributed by atoms with Crippen molar-refractivity contribution in [2.24, 2.45) is 0 Å². The van der Waals surface area contributed by atoms with Crippen LogP contribution < -0.4 is 0 Å². The molecule has 0 atom stereocenters. The second kappa shape index (κ2) is 2.53. The van der Waals surface area contributed by atoms with Crippen molar-refractivity contribution in [3.8, 4) is 0 Å². The molecule has 0 unspecified atom stereocenters. The van der Waals surface area contributed by atoms with E-state index >= 15 is 0 Å². The average Bonchev–Trinajstić information content (AvgIpc) is 0.722. The topological polar surface area (TPSA) is 80.3 Å². The third kappa shape index (κ3) is 352. The van der Waals surface area contributed by atoms with Crippen molar-refractivity contribution >= 4 is 10.4 Å². The van der Waals surface area contributed by atoms with Crippen LogP contribution in [0.2, 0.25) is 0 Å². The molecule has 0 aliphatic heterocycles. The van der Waals surface area contributed by atoms with Gasteiger partial charge in [-0.3, -0.25) is 8.42 Å². The maximum absolute atomic E-state index is 8.52. The summed E-state index contributed by atoms with van der Waals surface area (Å²) in [6, 6.07) is 0. The van der Waals surface area contributed by atoms with E-state index in [-0.39, 0.29) is 18.2 Å². The van der Waals surface area contributed by atoms with E-state index in [0.717, 1.165) is 0 Å². The predicted octanol–water partition coefficient (Wildman–Crippen LogP) is -1.23. The Morgan fingerprint density at radius 3 is 1.33 bits per heavy atom. The molecule has 0 aliphatic carbocycles. The number of rotatable bonds is 0. The molecular formula is HCoO4S+. The molecule has 1 radical (unpaired) electrons. The van der Waals surface area contributed by atoms with Gasteiger partial charge in [-0.15, -0.1) is 0 Å². The summed E-state index contributed by atoms with van der Waals surface area (Å²) in [5.41, 5.74) is 0. The molecule has 0 N–H and O–H groups in total. The van der Waals surface area contributed by atoms with Gasteiger partial charge in [-0.1, -0.05) is 0 Å². The molecule has 0 heterocycles. The monoisotopic (exact) mass is 156 g/mol. The summed E-state index contributed by atoms with van der Waals surface area (Å²) in [4.78, 5) is 0. The molecular weight excluding hydrogens is 155 g/mol. The Kier molecular flexibility index (Phi) is 4.06. The van der Waals surface area contributed by atoms with Crippen molar-refractivity contribution in [1.82, 2.24) is 0 Å². The molecule has 6 heavy (non-hydrogen) atoms. The van der Waals surface area contributed by atoms with E-state index in [1.807, 2.05) is 0 Å². The Hall–Kier alpha value is 0.376. The molecule has 0 rings (SSSR count). The fourth-order valence-corrected chi connectivity index (χ4v) is 0. The quantitative estimate of drug-likeness (QED) is 0.325. The molecule has 4 nitrogen and oxygen atoms in total. The molecule has 0 aromatic carbocycles. The van der Waals surface area contributed by atoms with Crippen LogP contribution >= 0.6 is 0 Å². The second-order valence-corrected chi connectivity index (χ2v) is 1.22. The van der Waals surface area contributed by atoms with Crippen LogP contribution in [-0.2, 0) is 27.2 Å². The van der Waals surface area contributed by atoms with Crippen LogP contribution in [0.1, 0.15) is 1.43 Å². The zero-order valence-corrected chi connectivity index (χ0v) is 4.23. The van der Waals surface area contributed by atoms with Crippen LogP contribution in [0.4, 0.5) is 0 Å². The van der Waals surface area contributed by atoms with Crippen molar-refractivity contribution in [2.45, 2.75) is 0 Å². The summed E-state index contributed by atoms with van der Waals surface area (Å²) < 4.78 is 34.1. The molecule has 0 fully saturated rings. The molecule has 39 valence electrons. The maximum atomic E-state index is 8.52. The summed E-state index contributed by atoms with van der Waals surface area (Å²) in [5, 5.41) is 0. The number of hydrogen-bond acceptors (Lipinski definition) is 4. The van der Waals surface area contributed by atoms with E-state index in [9.17, 15) is 0 Å². The number of hydrogen-bond donors (Lipinski definition) is 0. The van der Waals surface area contributed by atoms with E-state index in [0.29, 0.717) is 0 Å². The van der Waals surface area contributed by atoms with E-state index < -0.39 is 10.4 Å². The molecule has 6 heteroatoms. The first-order valence-corrected chi connectivity index (χ1v) is 2.00. The Labute approximate surface area is 46.8 Å². The van der Waals surface area contributed by atoms with Crippen LogP contribution in [0.5, 0.6) is 0 Å². The first-order chi connectivity index (χ1) is 2.00. The fourth-order valence-electron chi connectivity index (χ4n) is 0. The van der Waals surface area contributed by atoms with Crippen LogP contribution in [0, 0.1) is 0 Å². The summed E-state index contributed by atoms with van der Waals surface area (Å²) >= 11 is 0. The summed E-state index contributed by atoms with van der Waals surface area (Å²) in [5.74, 6) is 0. The largest absolute Gasteiger partial charge is 2.00 e. The van der Waals surface area contributed by atoms with Crippen molar-refractivity contribution < 1.29 is 35.7 Å². The van der Waals surface area contributed by atoms with Gasteiger partial charge in [0.1, 0.15) is 0 Å². The van der Waals surface area contributed by atoms with Gasteiger partial charge in [0.15, 0.2) is 0 Å².